The highest BCUT2D eigenvalue weighted by Gasteiger charge is 2.33. The Bertz CT molecular complexity index is 1450. The second-order valence-electron chi connectivity index (χ2n) is 8.73. The largest absolute Gasteiger partial charge is 0.504 e. The maximum atomic E-state index is 12.3. The van der Waals surface area contributed by atoms with Crippen LogP contribution in [0.25, 0.3) is 12.2 Å². The number of rotatable bonds is 14. The van der Waals surface area contributed by atoms with Gasteiger partial charge in [-0.25, -0.2) is 9.59 Å². The molecule has 0 aromatic heterocycles. The van der Waals surface area contributed by atoms with E-state index in [-0.39, 0.29) is 34.5 Å². The fraction of sp³-hybridized carbons (Fsp3) is 0.194. The third kappa shape index (κ3) is 8.92. The van der Waals surface area contributed by atoms with Crippen molar-refractivity contribution in [3.05, 3.63) is 83.4 Å². The lowest BCUT2D eigenvalue weighted by Gasteiger charge is -2.29. The van der Waals surface area contributed by atoms with Crippen LogP contribution in [0.4, 0.5) is 0 Å². The molecule has 0 bridgehead atoms. The summed E-state index contributed by atoms with van der Waals surface area (Å²) in [7, 11) is 4.15. The number of methoxy groups -OCH3 is 3. The first-order valence-electron chi connectivity index (χ1n) is 12.6. The Morgan fingerprint density at radius 3 is 1.58 bits per heavy atom. The van der Waals surface area contributed by atoms with E-state index in [1.54, 1.807) is 24.3 Å². The maximum absolute atomic E-state index is 12.3. The first-order chi connectivity index (χ1) is 20.5. The summed E-state index contributed by atoms with van der Waals surface area (Å²) in [6.07, 6.45) is 2.05. The summed E-state index contributed by atoms with van der Waals surface area (Å²) in [6, 6.07) is 13.6. The molecule has 0 aliphatic heterocycles. The summed E-state index contributed by atoms with van der Waals surface area (Å²) in [4.78, 5) is 34.2. The number of hydrogen-bond donors (Lipinski definition) is 3. The topological polar surface area (TPSA) is 167 Å². The number of hydrogen-bond acceptors (Lipinski definition) is 10. The molecule has 0 amide bonds. The summed E-state index contributed by atoms with van der Waals surface area (Å²) in [5, 5.41) is 28.1. The lowest BCUT2D eigenvalue weighted by atomic mass is 10.1. The van der Waals surface area contributed by atoms with Crippen LogP contribution >= 0.6 is 0 Å². The van der Waals surface area contributed by atoms with Crippen molar-refractivity contribution in [3.63, 3.8) is 0 Å². The normalized spacial score (nSPS) is 11.7. The Morgan fingerprint density at radius 1 is 0.674 bits per heavy atom. The minimum absolute atomic E-state index is 0.104. The van der Waals surface area contributed by atoms with Crippen LogP contribution in [0.15, 0.2) is 66.7 Å². The monoisotopic (exact) mass is 594 g/mol. The van der Waals surface area contributed by atoms with E-state index < -0.39 is 30.3 Å². The van der Waals surface area contributed by atoms with Crippen LogP contribution in [-0.2, 0) is 19.1 Å². The smallest absolute Gasteiger partial charge is 0.328 e. The van der Waals surface area contributed by atoms with Gasteiger partial charge >= 0.3 is 17.9 Å². The molecule has 3 aromatic carbocycles. The summed E-state index contributed by atoms with van der Waals surface area (Å²) < 4.78 is 34.3. The Morgan fingerprint density at radius 2 is 1.16 bits per heavy atom. The van der Waals surface area contributed by atoms with Crippen LogP contribution in [0.3, 0.4) is 0 Å². The number of phenolic OH excluding ortho intramolecular Hbond substituents is 1. The molecule has 226 valence electrons. The Labute approximate surface area is 246 Å². The van der Waals surface area contributed by atoms with E-state index >= 15 is 0 Å². The summed E-state index contributed by atoms with van der Waals surface area (Å²) in [6.45, 7) is 1.20. The molecule has 3 rings (SSSR count). The number of carboxylic acid groups (broad SMARTS) is 2. The van der Waals surface area contributed by atoms with Gasteiger partial charge in [0.1, 0.15) is 0 Å². The number of carbonyl (C=O) groups is 3. The number of carboxylic acids is 2. The molecule has 0 fully saturated rings. The molecule has 0 spiro atoms. The van der Waals surface area contributed by atoms with E-state index in [1.807, 2.05) is 0 Å². The molecule has 0 radical (unpaired) electrons. The summed E-state index contributed by atoms with van der Waals surface area (Å²) in [5.74, 6) is -2.22. The van der Waals surface area contributed by atoms with E-state index in [4.69, 9.17) is 38.6 Å². The van der Waals surface area contributed by atoms with Crippen molar-refractivity contribution >= 4 is 30.1 Å². The van der Waals surface area contributed by atoms with E-state index in [0.29, 0.717) is 16.7 Å². The van der Waals surface area contributed by atoms with Crippen LogP contribution in [0, 0.1) is 0 Å². The van der Waals surface area contributed by atoms with E-state index in [0.717, 1.165) is 12.2 Å². The lowest BCUT2D eigenvalue weighted by molar-refractivity contribution is -0.164. The molecule has 0 aliphatic carbocycles. The van der Waals surface area contributed by atoms with Crippen molar-refractivity contribution in [2.75, 3.05) is 21.3 Å². The van der Waals surface area contributed by atoms with Gasteiger partial charge < -0.3 is 43.7 Å². The molecule has 3 N–H and O–H groups in total. The molecule has 12 nitrogen and oxygen atoms in total. The average Bonchev–Trinajstić information content (AvgIpc) is 2.98. The second-order valence-corrected chi connectivity index (χ2v) is 8.73. The second kappa shape index (κ2) is 14.8. The molecule has 0 saturated carbocycles. The zero-order chi connectivity index (χ0) is 31.5. The van der Waals surface area contributed by atoms with E-state index in [1.165, 1.54) is 70.7 Å². The predicted molar refractivity (Wildman–Crippen MR) is 154 cm³/mol. The number of benzene rings is 3. The van der Waals surface area contributed by atoms with Gasteiger partial charge in [0.25, 0.3) is 6.29 Å². The average molecular weight is 595 g/mol. The van der Waals surface area contributed by atoms with Crippen molar-refractivity contribution in [2.24, 2.45) is 0 Å². The first kappa shape index (κ1) is 31.9. The highest BCUT2D eigenvalue weighted by atomic mass is 16.7. The predicted octanol–water partition coefficient (Wildman–Crippen LogP) is 4.70. The first-order valence-corrected chi connectivity index (χ1v) is 12.6. The zero-order valence-electron chi connectivity index (χ0n) is 23.7. The van der Waals surface area contributed by atoms with Crippen molar-refractivity contribution in [2.45, 2.75) is 19.3 Å². The summed E-state index contributed by atoms with van der Waals surface area (Å²) >= 11 is 0. The molecule has 0 aliphatic rings. The van der Waals surface area contributed by atoms with Crippen LogP contribution in [0.2, 0.25) is 0 Å². The van der Waals surface area contributed by atoms with Crippen molar-refractivity contribution in [1.82, 2.24) is 0 Å². The standard InChI is InChI=1S/C31H30O12/c1-18(32)41-30(21-9-10-22(33)25(17-21)38-2)31(42-23-11-5-19(7-13-28(34)35)15-26(23)39-3)43-24-12-6-20(8-14-29(36)37)16-27(24)40-4/h5-17,30-31,33H,1-4H3,(H,34,35)(H,36,37)/b13-7+,14-8+. The van der Waals surface area contributed by atoms with Gasteiger partial charge in [0, 0.05) is 24.6 Å². The van der Waals surface area contributed by atoms with Gasteiger partial charge in [-0.2, -0.15) is 0 Å². The molecule has 12 heteroatoms. The molecule has 3 aromatic rings. The molecule has 43 heavy (non-hydrogen) atoms. The fourth-order valence-corrected chi connectivity index (χ4v) is 3.83. The minimum atomic E-state index is -1.40. The van der Waals surface area contributed by atoms with Crippen LogP contribution in [0.1, 0.15) is 29.7 Å². The van der Waals surface area contributed by atoms with Crippen LogP contribution in [-0.4, -0.2) is 60.8 Å². The van der Waals surface area contributed by atoms with E-state index in [9.17, 15) is 19.5 Å². The third-order valence-corrected chi connectivity index (χ3v) is 5.77. The highest BCUT2D eigenvalue weighted by molar-refractivity contribution is 5.86. The summed E-state index contributed by atoms with van der Waals surface area (Å²) in [5.41, 5.74) is 1.36. The molecule has 1 unspecified atom stereocenters. The molecule has 0 saturated heterocycles. The molecule has 1 atom stereocenters. The Balaban J connectivity index is 2.13. The van der Waals surface area contributed by atoms with Crippen LogP contribution < -0.4 is 23.7 Å². The highest BCUT2D eigenvalue weighted by Crippen LogP contribution is 2.38. The third-order valence-electron chi connectivity index (χ3n) is 5.77. The quantitative estimate of drug-likeness (QED) is 0.134. The number of esters is 1. The molecule has 0 heterocycles. The molecular formula is C31H30O12. The van der Waals surface area contributed by atoms with Gasteiger partial charge in [0.2, 0.25) is 6.10 Å². The van der Waals surface area contributed by atoms with Crippen LogP contribution in [0.5, 0.6) is 34.5 Å². The van der Waals surface area contributed by atoms with Gasteiger partial charge in [-0.1, -0.05) is 18.2 Å². The SMILES string of the molecule is COc1cc(C(OC(C)=O)C(Oc2ccc(/C=C/C(=O)O)cc2OC)Oc2ccc(/C=C/C(=O)O)cc2OC)ccc1O. The number of carbonyl (C=O) groups excluding carboxylic acids is 1. The lowest BCUT2D eigenvalue weighted by Crippen LogP contribution is -2.34. The van der Waals surface area contributed by atoms with Gasteiger partial charge in [-0.15, -0.1) is 0 Å². The van der Waals surface area contributed by atoms with Gasteiger partial charge in [0.15, 0.2) is 34.5 Å². The van der Waals surface area contributed by atoms with Crippen molar-refractivity contribution < 1.29 is 58.1 Å². The van der Waals surface area contributed by atoms with E-state index in [2.05, 4.69) is 0 Å². The number of aliphatic carboxylic acids is 2. The fourth-order valence-electron chi connectivity index (χ4n) is 3.83. The Hall–Kier alpha value is -5.65. The minimum Gasteiger partial charge on any atom is -0.504 e. The number of phenols is 1. The van der Waals surface area contributed by atoms with Crippen molar-refractivity contribution in [3.8, 4) is 34.5 Å². The van der Waals surface area contributed by atoms with Crippen molar-refractivity contribution in [1.29, 1.82) is 0 Å². The van der Waals surface area contributed by atoms with Gasteiger partial charge in [0.05, 0.1) is 21.3 Å². The maximum Gasteiger partial charge on any atom is 0.328 e. The zero-order valence-corrected chi connectivity index (χ0v) is 23.7. The Kier molecular flexibility index (Phi) is 11.0. The van der Waals surface area contributed by atoms with Gasteiger partial charge in [-0.05, 0) is 59.7 Å². The molecular weight excluding hydrogens is 564 g/mol. The van der Waals surface area contributed by atoms with Gasteiger partial charge in [-0.3, -0.25) is 4.79 Å². The number of aromatic hydroxyl groups is 1. The number of ether oxygens (including phenoxy) is 6.